The Kier molecular flexibility index (Phi) is 6.47. The first kappa shape index (κ1) is 20.4. The lowest BCUT2D eigenvalue weighted by molar-refractivity contribution is -0.112. The van der Waals surface area contributed by atoms with Crippen molar-refractivity contribution in [3.63, 3.8) is 0 Å². The highest BCUT2D eigenvalue weighted by atomic mass is 35.5. The Bertz CT molecular complexity index is 962. The summed E-state index contributed by atoms with van der Waals surface area (Å²) in [5.74, 6) is 0.320. The van der Waals surface area contributed by atoms with Gasteiger partial charge in [-0.2, -0.15) is 5.26 Å². The van der Waals surface area contributed by atoms with Crippen LogP contribution in [0.4, 0.5) is 17.1 Å². The fourth-order valence-corrected chi connectivity index (χ4v) is 3.36. The lowest BCUT2D eigenvalue weighted by Crippen LogP contribution is -2.44. The molecular formula is C21H22ClN5O2. The largest absolute Gasteiger partial charge is 0.495 e. The first-order valence-electron chi connectivity index (χ1n) is 9.12. The number of piperazine rings is 1. The third-order valence-electron chi connectivity index (χ3n) is 4.66. The van der Waals surface area contributed by atoms with Gasteiger partial charge in [-0.15, -0.1) is 0 Å². The number of carbonyl (C=O) groups is 1. The van der Waals surface area contributed by atoms with Crippen LogP contribution in [-0.2, 0) is 4.79 Å². The second-order valence-corrected chi connectivity index (χ2v) is 6.95. The molecule has 2 aromatic rings. The van der Waals surface area contributed by atoms with Crippen LogP contribution in [0.3, 0.4) is 0 Å². The van der Waals surface area contributed by atoms with Crippen molar-refractivity contribution < 1.29 is 9.53 Å². The lowest BCUT2D eigenvalue weighted by atomic mass is 10.2. The first-order chi connectivity index (χ1) is 14.0. The van der Waals surface area contributed by atoms with Crippen LogP contribution in [0, 0.1) is 11.3 Å². The summed E-state index contributed by atoms with van der Waals surface area (Å²) in [4.78, 5) is 16.7. The van der Waals surface area contributed by atoms with Gasteiger partial charge >= 0.3 is 0 Å². The maximum Gasteiger partial charge on any atom is 0.267 e. The van der Waals surface area contributed by atoms with E-state index >= 15 is 0 Å². The molecule has 1 heterocycles. The molecule has 1 aliphatic heterocycles. The topological polar surface area (TPSA) is 94.6 Å². The van der Waals surface area contributed by atoms with E-state index in [1.807, 2.05) is 35.2 Å². The lowest BCUT2D eigenvalue weighted by Gasteiger charge is -2.36. The second kappa shape index (κ2) is 9.22. The van der Waals surface area contributed by atoms with Crippen molar-refractivity contribution in [2.45, 2.75) is 0 Å². The van der Waals surface area contributed by atoms with Gasteiger partial charge in [0.2, 0.25) is 0 Å². The maximum absolute atomic E-state index is 12.5. The van der Waals surface area contributed by atoms with Crippen LogP contribution in [0.2, 0.25) is 5.02 Å². The van der Waals surface area contributed by atoms with E-state index in [9.17, 15) is 10.1 Å². The first-order valence-corrected chi connectivity index (χ1v) is 9.50. The van der Waals surface area contributed by atoms with Crippen LogP contribution in [0.25, 0.3) is 0 Å². The van der Waals surface area contributed by atoms with Gasteiger partial charge in [-0.05, 0) is 30.3 Å². The molecule has 8 heteroatoms. The zero-order chi connectivity index (χ0) is 20.8. The summed E-state index contributed by atoms with van der Waals surface area (Å²) < 4.78 is 5.43. The molecule has 2 aromatic carbocycles. The standard InChI is InChI=1S/C21H22ClN5O2/c1-29-20-5-3-2-4-19(20)27-10-8-26(9-11-27)14-15(13-23)21(28)25-18-7-6-16(24)12-17(18)22/h2-7,12,14H,8-11,24H2,1H3,(H,25,28)/b15-14-. The van der Waals surface area contributed by atoms with Crippen molar-refractivity contribution in [2.24, 2.45) is 0 Å². The highest BCUT2D eigenvalue weighted by Crippen LogP contribution is 2.28. The molecule has 0 aliphatic carbocycles. The minimum atomic E-state index is -0.508. The zero-order valence-corrected chi connectivity index (χ0v) is 16.8. The fourth-order valence-electron chi connectivity index (χ4n) is 3.13. The quantitative estimate of drug-likeness (QED) is 0.446. The van der Waals surface area contributed by atoms with Crippen LogP contribution >= 0.6 is 11.6 Å². The Morgan fingerprint density at radius 1 is 1.24 bits per heavy atom. The van der Waals surface area contributed by atoms with Crippen LogP contribution in [0.5, 0.6) is 5.75 Å². The molecule has 0 radical (unpaired) electrons. The third kappa shape index (κ3) is 4.92. The van der Waals surface area contributed by atoms with Gasteiger partial charge in [0.15, 0.2) is 0 Å². The number of ether oxygens (including phenoxy) is 1. The Balaban J connectivity index is 1.65. The SMILES string of the molecule is COc1ccccc1N1CCN(/C=C(/C#N)C(=O)Nc2ccc(N)cc2Cl)CC1. The van der Waals surface area contributed by atoms with Gasteiger partial charge in [0, 0.05) is 38.1 Å². The van der Waals surface area contributed by atoms with Gasteiger partial charge < -0.3 is 25.6 Å². The number of hydrogen-bond acceptors (Lipinski definition) is 6. The number of benzene rings is 2. The van der Waals surface area contributed by atoms with E-state index < -0.39 is 5.91 Å². The minimum absolute atomic E-state index is 0.0173. The average molecular weight is 412 g/mol. The number of rotatable bonds is 5. The average Bonchev–Trinajstić information content (AvgIpc) is 2.74. The van der Waals surface area contributed by atoms with Crippen LogP contribution < -0.4 is 20.7 Å². The molecular weight excluding hydrogens is 390 g/mol. The molecule has 1 aliphatic rings. The number of hydrogen-bond donors (Lipinski definition) is 2. The number of nitrogens with two attached hydrogens (primary N) is 1. The molecule has 0 bridgehead atoms. The smallest absolute Gasteiger partial charge is 0.267 e. The van der Waals surface area contributed by atoms with Crippen molar-refractivity contribution in [1.29, 1.82) is 5.26 Å². The van der Waals surface area contributed by atoms with E-state index in [2.05, 4.69) is 10.2 Å². The normalized spacial score (nSPS) is 14.3. The number of nitrogens with one attached hydrogen (secondary N) is 1. The number of methoxy groups -OCH3 is 1. The summed E-state index contributed by atoms with van der Waals surface area (Å²) >= 11 is 6.09. The number of nitriles is 1. The van der Waals surface area contributed by atoms with Gasteiger partial charge in [0.1, 0.15) is 17.4 Å². The molecule has 0 saturated carbocycles. The van der Waals surface area contributed by atoms with Gasteiger partial charge in [0.05, 0.1) is 23.5 Å². The van der Waals surface area contributed by atoms with Gasteiger partial charge in [-0.3, -0.25) is 4.79 Å². The van der Waals surface area contributed by atoms with Crippen LogP contribution in [0.1, 0.15) is 0 Å². The van der Waals surface area contributed by atoms with Crippen molar-refractivity contribution in [3.8, 4) is 11.8 Å². The molecule has 0 aromatic heterocycles. The predicted molar refractivity (Wildman–Crippen MR) is 115 cm³/mol. The van der Waals surface area contributed by atoms with Gasteiger partial charge in [-0.25, -0.2) is 0 Å². The van der Waals surface area contributed by atoms with E-state index in [-0.39, 0.29) is 5.57 Å². The Morgan fingerprint density at radius 3 is 2.62 bits per heavy atom. The zero-order valence-electron chi connectivity index (χ0n) is 16.1. The summed E-state index contributed by atoms with van der Waals surface area (Å²) in [7, 11) is 1.66. The van der Waals surface area contributed by atoms with Crippen molar-refractivity contribution in [2.75, 3.05) is 49.2 Å². The molecule has 29 heavy (non-hydrogen) atoms. The predicted octanol–water partition coefficient (Wildman–Crippen LogP) is 3.10. The van der Waals surface area contributed by atoms with E-state index in [4.69, 9.17) is 22.1 Å². The van der Waals surface area contributed by atoms with Crippen molar-refractivity contribution in [1.82, 2.24) is 4.90 Å². The highest BCUT2D eigenvalue weighted by Gasteiger charge is 2.20. The van der Waals surface area contributed by atoms with E-state index in [1.165, 1.54) is 0 Å². The Labute approximate surface area is 174 Å². The molecule has 3 rings (SSSR count). The summed E-state index contributed by atoms with van der Waals surface area (Å²) in [6, 6.07) is 14.6. The fraction of sp³-hybridized carbons (Fsp3) is 0.238. The van der Waals surface area contributed by atoms with E-state index in [1.54, 1.807) is 31.5 Å². The Hall–Kier alpha value is -3.37. The number of halogens is 1. The number of para-hydroxylation sites is 2. The molecule has 3 N–H and O–H groups in total. The van der Waals surface area contributed by atoms with E-state index in [0.29, 0.717) is 29.5 Å². The summed E-state index contributed by atoms with van der Waals surface area (Å²) in [6.07, 6.45) is 1.60. The second-order valence-electron chi connectivity index (χ2n) is 6.54. The molecule has 0 atom stereocenters. The molecule has 1 fully saturated rings. The summed E-state index contributed by atoms with van der Waals surface area (Å²) in [6.45, 7) is 2.86. The maximum atomic E-state index is 12.5. The molecule has 1 saturated heterocycles. The number of nitrogens with zero attached hydrogens (tertiary/aromatic N) is 3. The Morgan fingerprint density at radius 2 is 1.97 bits per heavy atom. The van der Waals surface area contributed by atoms with Gasteiger partial charge in [0.25, 0.3) is 5.91 Å². The van der Waals surface area contributed by atoms with Gasteiger partial charge in [-0.1, -0.05) is 23.7 Å². The molecule has 1 amide bonds. The van der Waals surface area contributed by atoms with Crippen molar-refractivity contribution >= 4 is 34.6 Å². The molecule has 0 spiro atoms. The highest BCUT2D eigenvalue weighted by molar-refractivity contribution is 6.34. The number of carbonyl (C=O) groups excluding carboxylic acids is 1. The summed E-state index contributed by atoms with van der Waals surface area (Å²) in [5.41, 5.74) is 7.62. The van der Waals surface area contributed by atoms with Crippen LogP contribution in [-0.4, -0.2) is 44.1 Å². The minimum Gasteiger partial charge on any atom is -0.495 e. The molecule has 7 nitrogen and oxygen atoms in total. The number of amides is 1. The number of nitrogen functional groups attached to an aromatic ring is 1. The molecule has 0 unspecified atom stereocenters. The van der Waals surface area contributed by atoms with Crippen molar-refractivity contribution in [3.05, 3.63) is 59.3 Å². The van der Waals surface area contributed by atoms with Crippen LogP contribution in [0.15, 0.2) is 54.2 Å². The monoisotopic (exact) mass is 411 g/mol. The van der Waals surface area contributed by atoms with E-state index in [0.717, 1.165) is 24.5 Å². The molecule has 150 valence electrons. The summed E-state index contributed by atoms with van der Waals surface area (Å²) in [5, 5.41) is 12.4. The number of anilines is 3. The third-order valence-corrected chi connectivity index (χ3v) is 4.97.